The van der Waals surface area contributed by atoms with E-state index in [4.69, 9.17) is 0 Å². The molecule has 0 fully saturated rings. The first kappa shape index (κ1) is 18.0. The summed E-state index contributed by atoms with van der Waals surface area (Å²) in [5, 5.41) is 0. The summed E-state index contributed by atoms with van der Waals surface area (Å²) in [6, 6.07) is 19.5. The molecular formula is C22H15F3N2O. The molecule has 0 aliphatic carbocycles. The second-order valence-corrected chi connectivity index (χ2v) is 6.45. The molecule has 6 heteroatoms. The van der Waals surface area contributed by atoms with Crippen LogP contribution >= 0.6 is 0 Å². The molecule has 1 heterocycles. The number of carbonyl (C=O) groups excluding carboxylic acids is 1. The van der Waals surface area contributed by atoms with Gasteiger partial charge in [0.1, 0.15) is 5.71 Å². The number of carbonyl (C=O) groups is 1. The Morgan fingerprint density at radius 3 is 2.29 bits per heavy atom. The second-order valence-electron chi connectivity index (χ2n) is 6.45. The van der Waals surface area contributed by atoms with E-state index in [0.717, 1.165) is 12.1 Å². The van der Waals surface area contributed by atoms with Gasteiger partial charge in [0, 0.05) is 11.3 Å². The molecule has 0 saturated carbocycles. The zero-order chi connectivity index (χ0) is 19.9. The van der Waals surface area contributed by atoms with Crippen molar-refractivity contribution < 1.29 is 18.0 Å². The third-order valence-electron chi connectivity index (χ3n) is 4.59. The number of benzene rings is 3. The van der Waals surface area contributed by atoms with Crippen LogP contribution in [-0.2, 0) is 11.0 Å². The molecule has 140 valence electrons. The van der Waals surface area contributed by atoms with E-state index in [0.29, 0.717) is 22.5 Å². The maximum Gasteiger partial charge on any atom is 0.416 e. The van der Waals surface area contributed by atoms with Crippen LogP contribution in [0.3, 0.4) is 0 Å². The first-order valence-corrected chi connectivity index (χ1v) is 8.62. The van der Waals surface area contributed by atoms with E-state index in [9.17, 15) is 18.0 Å². The Bertz CT molecular complexity index is 1090. The Labute approximate surface area is 159 Å². The highest BCUT2D eigenvalue weighted by Gasteiger charge is 2.35. The molecule has 0 N–H and O–H groups in total. The molecule has 4 rings (SSSR count). The van der Waals surface area contributed by atoms with E-state index >= 15 is 0 Å². The number of alkyl halides is 3. The fraction of sp³-hybridized carbons (Fsp3) is 0.0909. The number of nitrogens with zero attached hydrogens (tertiary/aromatic N) is 2. The molecule has 3 aromatic carbocycles. The standard InChI is InChI=1S/C22H15F3N2O/c1-14-11-12-15(22(23,24)25)13-18(14)26-20-17-9-5-6-10-19(17)27(21(20)28)16-7-3-2-4-8-16/h2-13H,1H3/b26-20-. The van der Waals surface area contributed by atoms with Crippen LogP contribution in [0.4, 0.5) is 30.2 Å². The van der Waals surface area contributed by atoms with Crippen LogP contribution in [0, 0.1) is 6.92 Å². The number of para-hydroxylation sites is 2. The van der Waals surface area contributed by atoms with Gasteiger partial charge in [0.15, 0.2) is 0 Å². The molecule has 0 bridgehead atoms. The van der Waals surface area contributed by atoms with Crippen molar-refractivity contribution in [1.82, 2.24) is 0 Å². The van der Waals surface area contributed by atoms with E-state index < -0.39 is 11.7 Å². The Morgan fingerprint density at radius 2 is 1.57 bits per heavy atom. The van der Waals surface area contributed by atoms with Crippen molar-refractivity contribution in [2.45, 2.75) is 13.1 Å². The normalized spacial score (nSPS) is 15.2. The molecule has 0 spiro atoms. The fourth-order valence-electron chi connectivity index (χ4n) is 3.17. The number of anilines is 2. The van der Waals surface area contributed by atoms with Crippen molar-refractivity contribution in [3.8, 4) is 0 Å². The van der Waals surface area contributed by atoms with Gasteiger partial charge in [0.2, 0.25) is 0 Å². The van der Waals surface area contributed by atoms with Gasteiger partial charge < -0.3 is 0 Å². The largest absolute Gasteiger partial charge is 0.416 e. The topological polar surface area (TPSA) is 32.7 Å². The van der Waals surface area contributed by atoms with E-state index in [-0.39, 0.29) is 17.3 Å². The fourth-order valence-corrected chi connectivity index (χ4v) is 3.17. The predicted molar refractivity (Wildman–Crippen MR) is 102 cm³/mol. The Kier molecular flexibility index (Phi) is 4.26. The number of aryl methyl sites for hydroxylation is 1. The van der Waals surface area contributed by atoms with Gasteiger partial charge in [-0.15, -0.1) is 0 Å². The van der Waals surface area contributed by atoms with Crippen LogP contribution in [0.25, 0.3) is 0 Å². The number of aliphatic imine (C=N–C) groups is 1. The van der Waals surface area contributed by atoms with E-state index in [1.807, 2.05) is 18.2 Å². The summed E-state index contributed by atoms with van der Waals surface area (Å²) in [5.41, 5.74) is 1.94. The van der Waals surface area contributed by atoms with Gasteiger partial charge in [-0.25, -0.2) is 4.99 Å². The molecule has 1 aliphatic rings. The molecule has 0 atom stereocenters. The monoisotopic (exact) mass is 380 g/mol. The maximum atomic E-state index is 13.1. The van der Waals surface area contributed by atoms with Crippen molar-refractivity contribution in [1.29, 1.82) is 0 Å². The van der Waals surface area contributed by atoms with Gasteiger partial charge in [-0.05, 0) is 42.8 Å². The highest BCUT2D eigenvalue weighted by molar-refractivity contribution is 6.56. The van der Waals surface area contributed by atoms with Crippen LogP contribution in [0.1, 0.15) is 16.7 Å². The molecule has 0 radical (unpaired) electrons. The zero-order valence-corrected chi connectivity index (χ0v) is 14.9. The Balaban J connectivity index is 1.86. The predicted octanol–water partition coefficient (Wildman–Crippen LogP) is 5.81. The smallest absolute Gasteiger partial charge is 0.275 e. The summed E-state index contributed by atoms with van der Waals surface area (Å²) < 4.78 is 39.3. The average molecular weight is 380 g/mol. The third-order valence-corrected chi connectivity index (χ3v) is 4.59. The minimum Gasteiger partial charge on any atom is -0.275 e. The quantitative estimate of drug-likeness (QED) is 0.552. The van der Waals surface area contributed by atoms with Crippen LogP contribution in [0.2, 0.25) is 0 Å². The van der Waals surface area contributed by atoms with Crippen LogP contribution < -0.4 is 4.90 Å². The SMILES string of the molecule is Cc1ccc(C(F)(F)F)cc1/N=C1\C(=O)N(c2ccccc2)c2ccccc21. The lowest BCUT2D eigenvalue weighted by molar-refractivity contribution is -0.137. The molecule has 28 heavy (non-hydrogen) atoms. The summed E-state index contributed by atoms with van der Waals surface area (Å²) in [6.07, 6.45) is -4.48. The summed E-state index contributed by atoms with van der Waals surface area (Å²) in [6.45, 7) is 1.67. The third kappa shape index (κ3) is 3.07. The van der Waals surface area contributed by atoms with E-state index in [1.54, 1.807) is 43.3 Å². The molecule has 3 nitrogen and oxygen atoms in total. The Hall–Kier alpha value is -3.41. The maximum absolute atomic E-state index is 13.1. The summed E-state index contributed by atoms with van der Waals surface area (Å²) in [5.74, 6) is -0.371. The van der Waals surface area contributed by atoms with Gasteiger partial charge in [-0.2, -0.15) is 13.2 Å². The molecule has 1 amide bonds. The number of rotatable bonds is 2. The lowest BCUT2D eigenvalue weighted by Gasteiger charge is -2.16. The highest BCUT2D eigenvalue weighted by Crippen LogP contribution is 2.38. The van der Waals surface area contributed by atoms with Crippen molar-refractivity contribution in [2.24, 2.45) is 4.99 Å². The highest BCUT2D eigenvalue weighted by atomic mass is 19.4. The molecule has 3 aromatic rings. The van der Waals surface area contributed by atoms with Crippen LogP contribution in [0.15, 0.2) is 77.8 Å². The molecular weight excluding hydrogens is 365 g/mol. The Morgan fingerprint density at radius 1 is 0.893 bits per heavy atom. The molecule has 0 saturated heterocycles. The minimum absolute atomic E-state index is 0.127. The number of hydrogen-bond donors (Lipinski definition) is 0. The first-order valence-electron chi connectivity index (χ1n) is 8.62. The van der Waals surface area contributed by atoms with Crippen LogP contribution in [-0.4, -0.2) is 11.6 Å². The van der Waals surface area contributed by atoms with E-state index in [1.165, 1.54) is 11.0 Å². The lowest BCUT2D eigenvalue weighted by atomic mass is 10.1. The van der Waals surface area contributed by atoms with Crippen molar-refractivity contribution >= 4 is 28.7 Å². The van der Waals surface area contributed by atoms with Gasteiger partial charge in [-0.3, -0.25) is 9.69 Å². The van der Waals surface area contributed by atoms with Crippen LogP contribution in [0.5, 0.6) is 0 Å². The number of halogens is 3. The lowest BCUT2D eigenvalue weighted by Crippen LogP contribution is -2.25. The van der Waals surface area contributed by atoms with Gasteiger partial charge in [0.25, 0.3) is 5.91 Å². The number of amides is 1. The summed E-state index contributed by atoms with van der Waals surface area (Å²) >= 11 is 0. The average Bonchev–Trinajstić information content (AvgIpc) is 2.95. The summed E-state index contributed by atoms with van der Waals surface area (Å²) in [4.78, 5) is 19.0. The van der Waals surface area contributed by atoms with Gasteiger partial charge >= 0.3 is 6.18 Å². The van der Waals surface area contributed by atoms with Crippen molar-refractivity contribution in [3.63, 3.8) is 0 Å². The number of fused-ring (bicyclic) bond motifs is 1. The second kappa shape index (κ2) is 6.64. The van der Waals surface area contributed by atoms with Gasteiger partial charge in [0.05, 0.1) is 16.9 Å². The van der Waals surface area contributed by atoms with Crippen molar-refractivity contribution in [3.05, 3.63) is 89.5 Å². The molecule has 0 aromatic heterocycles. The molecule has 0 unspecified atom stereocenters. The zero-order valence-electron chi connectivity index (χ0n) is 14.9. The van der Waals surface area contributed by atoms with Gasteiger partial charge in [-0.1, -0.05) is 42.5 Å². The van der Waals surface area contributed by atoms with E-state index in [2.05, 4.69) is 4.99 Å². The first-order chi connectivity index (χ1) is 13.4. The summed E-state index contributed by atoms with van der Waals surface area (Å²) in [7, 11) is 0. The molecule has 1 aliphatic heterocycles. The number of hydrogen-bond acceptors (Lipinski definition) is 2. The minimum atomic E-state index is -4.48. The van der Waals surface area contributed by atoms with Crippen molar-refractivity contribution in [2.75, 3.05) is 4.90 Å².